The lowest BCUT2D eigenvalue weighted by Crippen LogP contribution is -2.51. The van der Waals surface area contributed by atoms with Gasteiger partial charge < -0.3 is 24.6 Å². The lowest BCUT2D eigenvalue weighted by Gasteiger charge is -2.36. The van der Waals surface area contributed by atoms with E-state index in [4.69, 9.17) is 21.7 Å². The summed E-state index contributed by atoms with van der Waals surface area (Å²) in [6.45, 7) is 1.66. The van der Waals surface area contributed by atoms with Gasteiger partial charge in [0.05, 0.1) is 44.4 Å². The summed E-state index contributed by atoms with van der Waals surface area (Å²) in [6, 6.07) is 4.51. The number of carbonyl (C=O) groups is 2. The molecule has 0 aliphatic carbocycles. The van der Waals surface area contributed by atoms with Crippen LogP contribution in [0.25, 0.3) is 0 Å². The van der Waals surface area contributed by atoms with Gasteiger partial charge >= 0.3 is 6.09 Å². The molecule has 1 aromatic rings. The topological polar surface area (TPSA) is 121 Å². The van der Waals surface area contributed by atoms with E-state index in [1.807, 2.05) is 0 Å². The van der Waals surface area contributed by atoms with Gasteiger partial charge in [0.25, 0.3) is 5.17 Å². The van der Waals surface area contributed by atoms with Crippen molar-refractivity contribution in [2.45, 2.75) is 6.10 Å². The van der Waals surface area contributed by atoms with E-state index in [2.05, 4.69) is 10.0 Å². The number of hydrogen-bond donors (Lipinski definition) is 2. The van der Waals surface area contributed by atoms with Crippen LogP contribution in [0.2, 0.25) is 0 Å². The number of ether oxygens (including phenoxy) is 2. The van der Waals surface area contributed by atoms with Crippen molar-refractivity contribution in [2.75, 3.05) is 69.0 Å². The Bertz CT molecular complexity index is 1020. The Morgan fingerprint density at radius 1 is 1.30 bits per heavy atom. The van der Waals surface area contributed by atoms with Crippen molar-refractivity contribution < 1.29 is 31.9 Å². The van der Waals surface area contributed by atoms with Gasteiger partial charge in [0.15, 0.2) is 0 Å². The minimum absolute atomic E-state index is 0.188. The maximum absolute atomic E-state index is 14.9. The van der Waals surface area contributed by atoms with Gasteiger partial charge in [-0.2, -0.15) is 0 Å². The number of methoxy groups -OCH3 is 1. The molecule has 2 saturated heterocycles. The smallest absolute Gasteiger partial charge is 0.414 e. The molecule has 0 unspecified atom stereocenters. The van der Waals surface area contributed by atoms with Crippen LogP contribution in [0.4, 0.5) is 20.6 Å². The molecule has 3 rings (SSSR count). The van der Waals surface area contributed by atoms with Crippen molar-refractivity contribution in [3.05, 3.63) is 24.0 Å². The van der Waals surface area contributed by atoms with Crippen molar-refractivity contribution in [1.82, 2.24) is 14.9 Å². The van der Waals surface area contributed by atoms with Crippen LogP contribution in [-0.2, 0) is 24.3 Å². The first-order valence-corrected chi connectivity index (χ1v) is 12.4. The first-order chi connectivity index (χ1) is 15.6. The number of rotatable bonds is 7. The zero-order chi connectivity index (χ0) is 24.2. The molecule has 2 fully saturated rings. The number of benzene rings is 1. The van der Waals surface area contributed by atoms with E-state index in [-0.39, 0.29) is 30.7 Å². The molecule has 0 bridgehead atoms. The zero-order valence-corrected chi connectivity index (χ0v) is 19.9. The monoisotopic (exact) mass is 503 g/mol. The molecule has 14 heteroatoms. The van der Waals surface area contributed by atoms with Gasteiger partial charge in [0.1, 0.15) is 11.9 Å². The predicted octanol–water partition coefficient (Wildman–Crippen LogP) is -0.130. The Hall–Kier alpha value is -2.71. The van der Waals surface area contributed by atoms with Crippen molar-refractivity contribution in [3.8, 4) is 0 Å². The van der Waals surface area contributed by atoms with Crippen LogP contribution in [-0.4, -0.2) is 95.8 Å². The quantitative estimate of drug-likeness (QED) is 0.490. The molecular formula is C19H26FN5O6S2. The second kappa shape index (κ2) is 10.5. The molecule has 0 spiro atoms. The maximum atomic E-state index is 14.9. The number of cyclic esters (lactones) is 1. The summed E-state index contributed by atoms with van der Waals surface area (Å²) in [5.74, 6) is -0.834. The normalized spacial score (nSPS) is 18.8. The Kier molecular flexibility index (Phi) is 7.92. The second-order valence-corrected chi connectivity index (χ2v) is 9.79. The van der Waals surface area contributed by atoms with Crippen LogP contribution >= 0.6 is 12.2 Å². The minimum Gasteiger partial charge on any atom is -0.474 e. The van der Waals surface area contributed by atoms with Gasteiger partial charge in [-0.1, -0.05) is 0 Å². The molecule has 11 nitrogen and oxygen atoms in total. The summed E-state index contributed by atoms with van der Waals surface area (Å²) in [5.41, 5.74) is 0.732. The van der Waals surface area contributed by atoms with Crippen LogP contribution in [0.3, 0.4) is 0 Å². The Morgan fingerprint density at radius 2 is 2.00 bits per heavy atom. The number of anilines is 2. The highest BCUT2D eigenvalue weighted by Gasteiger charge is 2.33. The lowest BCUT2D eigenvalue weighted by molar-refractivity contribution is -0.130. The predicted molar refractivity (Wildman–Crippen MR) is 123 cm³/mol. The van der Waals surface area contributed by atoms with Gasteiger partial charge in [0.2, 0.25) is 15.9 Å². The molecule has 2 amide bonds. The van der Waals surface area contributed by atoms with E-state index in [1.165, 1.54) is 23.0 Å². The number of nitrogens with zero attached hydrogens (tertiary/aromatic N) is 3. The van der Waals surface area contributed by atoms with Crippen molar-refractivity contribution in [1.29, 1.82) is 0 Å². The molecule has 182 valence electrons. The fourth-order valence-corrected chi connectivity index (χ4v) is 4.00. The molecule has 2 heterocycles. The zero-order valence-electron chi connectivity index (χ0n) is 18.2. The first-order valence-electron chi connectivity index (χ1n) is 10.1. The summed E-state index contributed by atoms with van der Waals surface area (Å²) in [6.07, 6.45) is -0.0523. The summed E-state index contributed by atoms with van der Waals surface area (Å²) in [7, 11) is -2.02. The van der Waals surface area contributed by atoms with E-state index in [0.717, 1.165) is 6.26 Å². The molecule has 1 atom stereocenters. The van der Waals surface area contributed by atoms with Crippen LogP contribution in [0, 0.1) is 5.82 Å². The van der Waals surface area contributed by atoms with Crippen LogP contribution < -0.4 is 19.8 Å². The molecule has 2 aliphatic rings. The Balaban J connectivity index is 1.56. The molecule has 2 aliphatic heterocycles. The van der Waals surface area contributed by atoms with E-state index >= 15 is 0 Å². The van der Waals surface area contributed by atoms with Gasteiger partial charge in [-0.15, -0.1) is 0 Å². The summed E-state index contributed by atoms with van der Waals surface area (Å²) in [5, 5.41) is 3.01. The van der Waals surface area contributed by atoms with Crippen molar-refractivity contribution >= 4 is 50.8 Å². The highest BCUT2D eigenvalue weighted by Crippen LogP contribution is 2.28. The third-order valence-corrected chi connectivity index (χ3v) is 6.21. The second-order valence-electron chi connectivity index (χ2n) is 7.59. The number of nitrogens with one attached hydrogen (secondary N) is 2. The first kappa shape index (κ1) is 24.9. The average Bonchev–Trinajstić information content (AvgIpc) is 3.15. The molecular weight excluding hydrogens is 477 g/mol. The summed E-state index contributed by atoms with van der Waals surface area (Å²) in [4.78, 5) is 29.0. The van der Waals surface area contributed by atoms with E-state index in [1.54, 1.807) is 17.0 Å². The van der Waals surface area contributed by atoms with Gasteiger partial charge in [-0.25, -0.2) is 22.3 Å². The number of halogens is 1. The number of hydrogen-bond acceptors (Lipinski definition) is 8. The molecule has 0 aromatic heterocycles. The fraction of sp³-hybridized carbons (Fsp3) is 0.526. The number of sulfonamides is 1. The average molecular weight is 504 g/mol. The number of amides is 2. The van der Waals surface area contributed by atoms with Crippen molar-refractivity contribution in [3.63, 3.8) is 0 Å². The highest BCUT2D eigenvalue weighted by atomic mass is 32.2. The number of thiocarbonyl (C=S) groups is 1. The fourth-order valence-electron chi connectivity index (χ4n) is 3.53. The van der Waals surface area contributed by atoms with Crippen LogP contribution in [0.15, 0.2) is 18.2 Å². The Morgan fingerprint density at radius 3 is 2.61 bits per heavy atom. The molecule has 2 N–H and O–H groups in total. The third-order valence-electron chi connectivity index (χ3n) is 5.24. The molecule has 33 heavy (non-hydrogen) atoms. The number of carbonyl (C=O) groups excluding carboxylic acids is 2. The molecule has 0 saturated carbocycles. The van der Waals surface area contributed by atoms with Gasteiger partial charge in [-0.05, 0) is 30.4 Å². The highest BCUT2D eigenvalue weighted by molar-refractivity contribution is 7.88. The van der Waals surface area contributed by atoms with Crippen LogP contribution in [0.5, 0.6) is 0 Å². The largest absolute Gasteiger partial charge is 0.474 e. The van der Waals surface area contributed by atoms with Gasteiger partial charge in [-0.3, -0.25) is 9.69 Å². The molecule has 0 radical (unpaired) electrons. The van der Waals surface area contributed by atoms with E-state index < -0.39 is 28.0 Å². The van der Waals surface area contributed by atoms with E-state index in [9.17, 15) is 22.4 Å². The minimum atomic E-state index is -3.45. The molecule has 1 aromatic carbocycles. The summed E-state index contributed by atoms with van der Waals surface area (Å²) >= 11 is 4.89. The third kappa shape index (κ3) is 6.65. The van der Waals surface area contributed by atoms with Crippen molar-refractivity contribution in [2.24, 2.45) is 0 Å². The van der Waals surface area contributed by atoms with Gasteiger partial charge in [0, 0.05) is 26.2 Å². The SMILES string of the molecule is COC(=S)NC[C@H]1CN(c2ccc(N3CCN(C(=O)CNS(C)(=O)=O)CC3)c(F)c2)C(=O)O1. The standard InChI is InChI=1S/C19H26FN5O6S2/c1-30-18(32)21-10-14-12-25(19(27)31-14)13-3-4-16(15(20)9-13)23-5-7-24(8-6-23)17(26)11-22-33(2,28)29/h3-4,9,14,22H,5-8,10-12H2,1-2H3,(H,21,32)/t14-/m0/s1. The maximum Gasteiger partial charge on any atom is 0.414 e. The Labute approximate surface area is 196 Å². The number of piperazine rings is 1. The summed E-state index contributed by atoms with van der Waals surface area (Å²) < 4.78 is 49.5. The lowest BCUT2D eigenvalue weighted by atomic mass is 10.2. The van der Waals surface area contributed by atoms with Crippen LogP contribution in [0.1, 0.15) is 0 Å². The van der Waals surface area contributed by atoms with E-state index in [0.29, 0.717) is 37.6 Å².